The van der Waals surface area contributed by atoms with Crippen molar-refractivity contribution in [3.8, 4) is 0 Å². The second-order valence-electron chi connectivity index (χ2n) is 4.59. The molecule has 2 rings (SSSR count). The van der Waals surface area contributed by atoms with E-state index in [0.29, 0.717) is 5.56 Å². The molecule has 1 amide bonds. The van der Waals surface area contributed by atoms with Crippen molar-refractivity contribution in [3.05, 3.63) is 59.7 Å². The van der Waals surface area contributed by atoms with Gasteiger partial charge in [-0.1, -0.05) is 12.1 Å². The van der Waals surface area contributed by atoms with E-state index in [4.69, 9.17) is 5.73 Å². The molecule has 3 nitrogen and oxygen atoms in total. The first kappa shape index (κ1) is 14.5. The second-order valence-corrected chi connectivity index (χ2v) is 5.47. The molecule has 2 aromatic carbocycles. The van der Waals surface area contributed by atoms with E-state index < -0.39 is 0 Å². The lowest BCUT2D eigenvalue weighted by molar-refractivity contribution is 0.0940. The Balaban J connectivity index is 2.04. The minimum absolute atomic E-state index is 0.0525. The van der Waals surface area contributed by atoms with E-state index in [1.54, 1.807) is 11.8 Å². The van der Waals surface area contributed by atoms with Crippen LogP contribution in [0.25, 0.3) is 0 Å². The highest BCUT2D eigenvalue weighted by molar-refractivity contribution is 7.98. The van der Waals surface area contributed by atoms with Crippen LogP contribution < -0.4 is 11.1 Å². The third-order valence-corrected chi connectivity index (χ3v) is 3.88. The van der Waals surface area contributed by atoms with E-state index in [1.165, 1.54) is 0 Å². The summed E-state index contributed by atoms with van der Waals surface area (Å²) in [6.07, 6.45) is 2.01. The predicted molar refractivity (Wildman–Crippen MR) is 85.0 cm³/mol. The minimum atomic E-state index is -0.0676. The van der Waals surface area contributed by atoms with Gasteiger partial charge in [0, 0.05) is 16.1 Å². The highest BCUT2D eigenvalue weighted by Gasteiger charge is 2.11. The molecule has 1 atom stereocenters. The standard InChI is InChI=1S/C16H18N2OS/c1-11(12-3-7-14(17)8-4-12)18-16(19)13-5-9-15(20-2)10-6-13/h3-11H,17H2,1-2H3,(H,18,19). The maximum absolute atomic E-state index is 12.2. The van der Waals surface area contributed by atoms with E-state index in [1.807, 2.05) is 61.7 Å². The number of nitrogen functional groups attached to an aromatic ring is 1. The molecule has 4 heteroatoms. The average molecular weight is 286 g/mol. The molecule has 0 saturated carbocycles. The largest absolute Gasteiger partial charge is 0.399 e. The van der Waals surface area contributed by atoms with Crippen molar-refractivity contribution < 1.29 is 4.79 Å². The average Bonchev–Trinajstić information content (AvgIpc) is 2.48. The fourth-order valence-electron chi connectivity index (χ4n) is 1.89. The zero-order valence-electron chi connectivity index (χ0n) is 11.6. The van der Waals surface area contributed by atoms with Crippen molar-refractivity contribution in [2.24, 2.45) is 0 Å². The van der Waals surface area contributed by atoms with Crippen LogP contribution in [-0.4, -0.2) is 12.2 Å². The maximum atomic E-state index is 12.2. The van der Waals surface area contributed by atoms with Crippen LogP contribution in [0.3, 0.4) is 0 Å². The molecule has 0 saturated heterocycles. The number of carbonyl (C=O) groups is 1. The Morgan fingerprint density at radius 3 is 2.25 bits per heavy atom. The Morgan fingerprint density at radius 1 is 1.10 bits per heavy atom. The van der Waals surface area contributed by atoms with E-state index in [0.717, 1.165) is 16.1 Å². The van der Waals surface area contributed by atoms with Gasteiger partial charge in [-0.2, -0.15) is 0 Å². The lowest BCUT2D eigenvalue weighted by atomic mass is 10.1. The van der Waals surface area contributed by atoms with E-state index >= 15 is 0 Å². The smallest absolute Gasteiger partial charge is 0.251 e. The Hall–Kier alpha value is -1.94. The van der Waals surface area contributed by atoms with Crippen LogP contribution in [0.15, 0.2) is 53.4 Å². The molecule has 3 N–H and O–H groups in total. The van der Waals surface area contributed by atoms with Crippen molar-refractivity contribution in [3.63, 3.8) is 0 Å². The number of rotatable bonds is 4. The summed E-state index contributed by atoms with van der Waals surface area (Å²) >= 11 is 1.66. The normalized spacial score (nSPS) is 11.9. The summed E-state index contributed by atoms with van der Waals surface area (Å²) < 4.78 is 0. The Bertz CT molecular complexity index is 578. The molecule has 0 fully saturated rings. The zero-order chi connectivity index (χ0) is 14.5. The van der Waals surface area contributed by atoms with E-state index in [2.05, 4.69) is 5.32 Å². The fourth-order valence-corrected chi connectivity index (χ4v) is 2.30. The summed E-state index contributed by atoms with van der Waals surface area (Å²) in [4.78, 5) is 13.3. The van der Waals surface area contributed by atoms with Gasteiger partial charge in [0.25, 0.3) is 5.91 Å². The number of anilines is 1. The molecule has 104 valence electrons. The number of benzene rings is 2. The highest BCUT2D eigenvalue weighted by Crippen LogP contribution is 2.17. The summed E-state index contributed by atoms with van der Waals surface area (Å²) in [5.74, 6) is -0.0676. The summed E-state index contributed by atoms with van der Waals surface area (Å²) in [5.41, 5.74) is 8.09. The molecule has 1 unspecified atom stereocenters. The molecule has 0 heterocycles. The van der Waals surface area contributed by atoms with Crippen LogP contribution in [0, 0.1) is 0 Å². The lowest BCUT2D eigenvalue weighted by Gasteiger charge is -2.14. The molecule has 0 spiro atoms. The Morgan fingerprint density at radius 2 is 1.70 bits per heavy atom. The van der Waals surface area contributed by atoms with E-state index in [-0.39, 0.29) is 11.9 Å². The zero-order valence-corrected chi connectivity index (χ0v) is 12.4. The molecule has 2 aromatic rings. The number of amides is 1. The first-order valence-electron chi connectivity index (χ1n) is 6.40. The van der Waals surface area contributed by atoms with Gasteiger partial charge in [0.2, 0.25) is 0 Å². The van der Waals surface area contributed by atoms with Gasteiger partial charge in [-0.15, -0.1) is 11.8 Å². The summed E-state index contributed by atoms with van der Waals surface area (Å²) in [5, 5.41) is 2.98. The molecule has 0 radical (unpaired) electrons. The summed E-state index contributed by atoms with van der Waals surface area (Å²) in [6, 6.07) is 15.1. The Labute approximate surface area is 123 Å². The van der Waals surface area contributed by atoms with Gasteiger partial charge >= 0.3 is 0 Å². The topological polar surface area (TPSA) is 55.1 Å². The van der Waals surface area contributed by atoms with Crippen molar-refractivity contribution in [2.75, 3.05) is 12.0 Å². The first-order valence-corrected chi connectivity index (χ1v) is 7.63. The van der Waals surface area contributed by atoms with Gasteiger partial charge in [0.1, 0.15) is 0 Å². The second kappa shape index (κ2) is 6.48. The molecule has 0 aliphatic heterocycles. The molecule has 0 bridgehead atoms. The number of hydrogen-bond acceptors (Lipinski definition) is 3. The minimum Gasteiger partial charge on any atom is -0.399 e. The van der Waals surface area contributed by atoms with Crippen molar-refractivity contribution >= 4 is 23.4 Å². The maximum Gasteiger partial charge on any atom is 0.251 e. The summed E-state index contributed by atoms with van der Waals surface area (Å²) in [7, 11) is 0. The van der Waals surface area contributed by atoms with Crippen LogP contribution in [0.5, 0.6) is 0 Å². The van der Waals surface area contributed by atoms with Crippen LogP contribution in [0.1, 0.15) is 28.9 Å². The summed E-state index contributed by atoms with van der Waals surface area (Å²) in [6.45, 7) is 1.96. The number of nitrogens with one attached hydrogen (secondary N) is 1. The van der Waals surface area contributed by atoms with Gasteiger partial charge in [-0.25, -0.2) is 0 Å². The number of carbonyl (C=O) groups excluding carboxylic acids is 1. The van der Waals surface area contributed by atoms with Gasteiger partial charge in [0.05, 0.1) is 6.04 Å². The number of thioether (sulfide) groups is 1. The van der Waals surface area contributed by atoms with Gasteiger partial charge in [-0.3, -0.25) is 4.79 Å². The van der Waals surface area contributed by atoms with Crippen molar-refractivity contribution in [1.29, 1.82) is 0 Å². The first-order chi connectivity index (χ1) is 9.60. The molecule has 0 aliphatic rings. The van der Waals surface area contributed by atoms with E-state index in [9.17, 15) is 4.79 Å². The highest BCUT2D eigenvalue weighted by atomic mass is 32.2. The van der Waals surface area contributed by atoms with Gasteiger partial charge in [-0.05, 0) is 55.1 Å². The number of nitrogens with two attached hydrogens (primary N) is 1. The molecular formula is C16H18N2OS. The van der Waals surface area contributed by atoms with Crippen molar-refractivity contribution in [2.45, 2.75) is 17.9 Å². The SMILES string of the molecule is CSc1ccc(C(=O)NC(C)c2ccc(N)cc2)cc1. The van der Waals surface area contributed by atoms with Crippen LogP contribution >= 0.6 is 11.8 Å². The van der Waals surface area contributed by atoms with Crippen LogP contribution in [0.4, 0.5) is 5.69 Å². The van der Waals surface area contributed by atoms with Crippen LogP contribution in [-0.2, 0) is 0 Å². The Kier molecular flexibility index (Phi) is 4.69. The van der Waals surface area contributed by atoms with Gasteiger partial charge in [0.15, 0.2) is 0 Å². The molecule has 0 aliphatic carbocycles. The molecule has 0 aromatic heterocycles. The lowest BCUT2D eigenvalue weighted by Crippen LogP contribution is -2.26. The molecule has 20 heavy (non-hydrogen) atoms. The molecular weight excluding hydrogens is 268 g/mol. The quantitative estimate of drug-likeness (QED) is 0.668. The van der Waals surface area contributed by atoms with Crippen molar-refractivity contribution in [1.82, 2.24) is 5.32 Å². The number of hydrogen-bond donors (Lipinski definition) is 2. The monoisotopic (exact) mass is 286 g/mol. The van der Waals surface area contributed by atoms with Crippen LogP contribution in [0.2, 0.25) is 0 Å². The fraction of sp³-hybridized carbons (Fsp3) is 0.188. The third-order valence-electron chi connectivity index (χ3n) is 3.14. The predicted octanol–water partition coefficient (Wildman–Crippen LogP) is 3.48. The third kappa shape index (κ3) is 3.54. The van der Waals surface area contributed by atoms with Gasteiger partial charge < -0.3 is 11.1 Å².